The zero-order chi connectivity index (χ0) is 13.5. The first-order valence-corrected chi connectivity index (χ1v) is 6.68. The lowest BCUT2D eigenvalue weighted by molar-refractivity contribution is 0.105. The fraction of sp³-hybridized carbons (Fsp3) is 0. The molecule has 0 bridgehead atoms. The lowest BCUT2D eigenvalue weighted by Crippen LogP contribution is -2.00. The standard InChI is InChI=1S/C19H12O/c20-19(14-6-2-1-3-7-14)17-12-15-10-4-8-13-9-5-11-16(17)18(13)15/h1-12H. The highest BCUT2D eigenvalue weighted by atomic mass is 16.1. The minimum Gasteiger partial charge on any atom is -0.289 e. The highest BCUT2D eigenvalue weighted by molar-refractivity contribution is 6.37. The molecule has 3 aromatic rings. The van der Waals surface area contributed by atoms with Crippen molar-refractivity contribution in [1.82, 2.24) is 0 Å². The molecule has 0 saturated carbocycles. The van der Waals surface area contributed by atoms with E-state index < -0.39 is 0 Å². The molecule has 0 radical (unpaired) electrons. The molecule has 0 aliphatic heterocycles. The van der Waals surface area contributed by atoms with Gasteiger partial charge in [0.25, 0.3) is 0 Å². The van der Waals surface area contributed by atoms with E-state index in [1.54, 1.807) is 0 Å². The average molecular weight is 256 g/mol. The van der Waals surface area contributed by atoms with Crippen LogP contribution >= 0.6 is 0 Å². The second-order valence-corrected chi connectivity index (χ2v) is 5.00. The molecule has 1 heteroatoms. The summed E-state index contributed by atoms with van der Waals surface area (Å²) in [7, 11) is 0. The Bertz CT molecular complexity index is 852. The third-order valence-electron chi connectivity index (χ3n) is 3.81. The molecular weight excluding hydrogens is 244 g/mol. The van der Waals surface area contributed by atoms with Crippen molar-refractivity contribution < 1.29 is 4.79 Å². The maximum absolute atomic E-state index is 12.7. The molecule has 0 fully saturated rings. The molecule has 0 amide bonds. The SMILES string of the molecule is O=C(C1=Cc2cccc3cccc1c23)c1ccccc1. The molecule has 0 atom stereocenters. The van der Waals surface area contributed by atoms with Gasteiger partial charge in [0.05, 0.1) is 0 Å². The van der Waals surface area contributed by atoms with Gasteiger partial charge in [0.15, 0.2) is 5.78 Å². The number of ketones is 1. The largest absolute Gasteiger partial charge is 0.289 e. The van der Waals surface area contributed by atoms with E-state index in [9.17, 15) is 4.79 Å². The van der Waals surface area contributed by atoms with Crippen molar-refractivity contribution in [1.29, 1.82) is 0 Å². The number of hydrogen-bond acceptors (Lipinski definition) is 1. The quantitative estimate of drug-likeness (QED) is 0.613. The molecule has 0 saturated heterocycles. The Hall–Kier alpha value is -2.67. The second-order valence-electron chi connectivity index (χ2n) is 5.00. The monoisotopic (exact) mass is 256 g/mol. The zero-order valence-corrected chi connectivity index (χ0v) is 10.8. The summed E-state index contributed by atoms with van der Waals surface area (Å²) in [6.45, 7) is 0. The van der Waals surface area contributed by atoms with Crippen LogP contribution in [0.5, 0.6) is 0 Å². The fourth-order valence-corrected chi connectivity index (χ4v) is 2.88. The molecule has 20 heavy (non-hydrogen) atoms. The molecule has 0 unspecified atom stereocenters. The third-order valence-corrected chi connectivity index (χ3v) is 3.81. The van der Waals surface area contributed by atoms with Crippen molar-refractivity contribution in [3.63, 3.8) is 0 Å². The van der Waals surface area contributed by atoms with Crippen molar-refractivity contribution in [3.8, 4) is 0 Å². The van der Waals surface area contributed by atoms with Gasteiger partial charge in [0.2, 0.25) is 0 Å². The molecule has 3 aromatic carbocycles. The van der Waals surface area contributed by atoms with Crippen LogP contribution in [0.25, 0.3) is 22.4 Å². The Labute approximate surface area is 117 Å². The molecule has 1 nitrogen and oxygen atoms in total. The number of carbonyl (C=O) groups is 1. The molecule has 4 rings (SSSR count). The van der Waals surface area contributed by atoms with Crippen molar-refractivity contribution in [2.45, 2.75) is 0 Å². The molecule has 0 N–H and O–H groups in total. The Balaban J connectivity index is 1.91. The normalized spacial score (nSPS) is 12.5. The predicted molar refractivity (Wildman–Crippen MR) is 82.6 cm³/mol. The highest BCUT2D eigenvalue weighted by Gasteiger charge is 2.22. The fourth-order valence-electron chi connectivity index (χ4n) is 2.88. The number of Topliss-reactive ketones (excluding diaryl/α,β-unsaturated/α-hetero) is 1. The van der Waals surface area contributed by atoms with Gasteiger partial charge in [-0.15, -0.1) is 0 Å². The van der Waals surface area contributed by atoms with Gasteiger partial charge in [-0.2, -0.15) is 0 Å². The van der Waals surface area contributed by atoms with Crippen molar-refractivity contribution in [2.75, 3.05) is 0 Å². The van der Waals surface area contributed by atoms with E-state index >= 15 is 0 Å². The second kappa shape index (κ2) is 4.17. The first-order valence-electron chi connectivity index (χ1n) is 6.68. The number of hydrogen-bond donors (Lipinski definition) is 0. The minimum absolute atomic E-state index is 0.0919. The summed E-state index contributed by atoms with van der Waals surface area (Å²) in [6.07, 6.45) is 2.01. The van der Waals surface area contributed by atoms with Gasteiger partial charge in [0.1, 0.15) is 0 Å². The molecular formula is C19H12O. The maximum Gasteiger partial charge on any atom is 0.193 e. The molecule has 0 aromatic heterocycles. The summed E-state index contributed by atoms with van der Waals surface area (Å²) >= 11 is 0. The number of rotatable bonds is 2. The molecule has 0 heterocycles. The van der Waals surface area contributed by atoms with E-state index in [2.05, 4.69) is 18.2 Å². The number of allylic oxidation sites excluding steroid dienone is 1. The topological polar surface area (TPSA) is 17.1 Å². The summed E-state index contributed by atoms with van der Waals surface area (Å²) in [5, 5.41) is 2.38. The van der Waals surface area contributed by atoms with E-state index in [1.807, 2.05) is 54.6 Å². The summed E-state index contributed by atoms with van der Waals surface area (Å²) in [6, 6.07) is 21.8. The Morgan fingerprint density at radius 2 is 1.50 bits per heavy atom. The Morgan fingerprint density at radius 1 is 0.750 bits per heavy atom. The van der Waals surface area contributed by atoms with Crippen molar-refractivity contribution in [3.05, 3.63) is 83.4 Å². The lowest BCUT2D eigenvalue weighted by Gasteiger charge is -2.05. The number of benzene rings is 3. The molecule has 1 aliphatic carbocycles. The van der Waals surface area contributed by atoms with Gasteiger partial charge in [-0.25, -0.2) is 0 Å². The van der Waals surface area contributed by atoms with E-state index in [0.717, 1.165) is 22.3 Å². The first-order chi connectivity index (χ1) is 9.84. The van der Waals surface area contributed by atoms with Gasteiger partial charge < -0.3 is 0 Å². The van der Waals surface area contributed by atoms with Crippen LogP contribution in [0.4, 0.5) is 0 Å². The van der Waals surface area contributed by atoms with Crippen LogP contribution in [0.3, 0.4) is 0 Å². The van der Waals surface area contributed by atoms with Gasteiger partial charge in [0, 0.05) is 11.1 Å². The van der Waals surface area contributed by atoms with Crippen LogP contribution < -0.4 is 0 Å². The molecule has 1 aliphatic rings. The maximum atomic E-state index is 12.7. The van der Waals surface area contributed by atoms with E-state index in [4.69, 9.17) is 0 Å². The van der Waals surface area contributed by atoms with Crippen LogP contribution in [0.15, 0.2) is 66.7 Å². The van der Waals surface area contributed by atoms with Gasteiger partial charge in [-0.3, -0.25) is 4.79 Å². The Morgan fingerprint density at radius 3 is 2.30 bits per heavy atom. The first kappa shape index (κ1) is 11.2. The van der Waals surface area contributed by atoms with Gasteiger partial charge >= 0.3 is 0 Å². The van der Waals surface area contributed by atoms with Gasteiger partial charge in [-0.1, -0.05) is 66.7 Å². The van der Waals surface area contributed by atoms with Crippen LogP contribution in [-0.2, 0) is 0 Å². The minimum atomic E-state index is 0.0919. The summed E-state index contributed by atoms with van der Waals surface area (Å²) in [5.41, 5.74) is 3.72. The lowest BCUT2D eigenvalue weighted by atomic mass is 9.97. The predicted octanol–water partition coefficient (Wildman–Crippen LogP) is 4.58. The molecule has 94 valence electrons. The molecule has 0 spiro atoms. The number of carbonyl (C=O) groups excluding carboxylic acids is 1. The van der Waals surface area contributed by atoms with Crippen LogP contribution in [0, 0.1) is 0 Å². The van der Waals surface area contributed by atoms with Crippen LogP contribution in [0.1, 0.15) is 21.5 Å². The van der Waals surface area contributed by atoms with Crippen molar-refractivity contribution in [2.24, 2.45) is 0 Å². The smallest absolute Gasteiger partial charge is 0.193 e. The highest BCUT2D eigenvalue weighted by Crippen LogP contribution is 2.37. The summed E-state index contributed by atoms with van der Waals surface area (Å²) in [4.78, 5) is 12.7. The zero-order valence-electron chi connectivity index (χ0n) is 10.8. The van der Waals surface area contributed by atoms with E-state index in [1.165, 1.54) is 10.8 Å². The van der Waals surface area contributed by atoms with E-state index in [-0.39, 0.29) is 5.78 Å². The van der Waals surface area contributed by atoms with Crippen LogP contribution in [-0.4, -0.2) is 5.78 Å². The van der Waals surface area contributed by atoms with E-state index in [0.29, 0.717) is 0 Å². The summed E-state index contributed by atoms with van der Waals surface area (Å²) in [5.74, 6) is 0.0919. The van der Waals surface area contributed by atoms with Crippen LogP contribution in [0.2, 0.25) is 0 Å². The Kier molecular flexibility index (Phi) is 2.33. The summed E-state index contributed by atoms with van der Waals surface area (Å²) < 4.78 is 0. The third kappa shape index (κ3) is 1.53. The van der Waals surface area contributed by atoms with Gasteiger partial charge in [-0.05, 0) is 28.0 Å². The van der Waals surface area contributed by atoms with Crippen molar-refractivity contribution >= 4 is 28.2 Å². The average Bonchev–Trinajstić information content (AvgIpc) is 2.89.